The number of morpholine rings is 1. The SMILES string of the molecule is CC(=O)c1cccc(OCC(=O)N(Cc2ccccc2)C(C)CN2CCOCC2)c1. The summed E-state index contributed by atoms with van der Waals surface area (Å²) in [6.07, 6.45) is 0. The van der Waals surface area contributed by atoms with Gasteiger partial charge in [0.2, 0.25) is 0 Å². The highest BCUT2D eigenvalue weighted by molar-refractivity contribution is 5.94. The predicted octanol–water partition coefficient (Wildman–Crippen LogP) is 3.02. The van der Waals surface area contributed by atoms with E-state index < -0.39 is 0 Å². The Morgan fingerprint density at radius 2 is 1.83 bits per heavy atom. The Morgan fingerprint density at radius 1 is 1.10 bits per heavy atom. The summed E-state index contributed by atoms with van der Waals surface area (Å²) < 4.78 is 11.2. The molecule has 0 saturated carbocycles. The van der Waals surface area contributed by atoms with Gasteiger partial charge in [-0.1, -0.05) is 42.5 Å². The summed E-state index contributed by atoms with van der Waals surface area (Å²) in [5, 5.41) is 0. The third kappa shape index (κ3) is 6.40. The fourth-order valence-electron chi connectivity index (χ4n) is 3.56. The number of ether oxygens (including phenoxy) is 2. The smallest absolute Gasteiger partial charge is 0.261 e. The zero-order valence-electron chi connectivity index (χ0n) is 17.8. The van der Waals surface area contributed by atoms with E-state index in [9.17, 15) is 9.59 Å². The van der Waals surface area contributed by atoms with Gasteiger partial charge in [0.15, 0.2) is 12.4 Å². The highest BCUT2D eigenvalue weighted by atomic mass is 16.5. The average molecular weight is 411 g/mol. The van der Waals surface area contributed by atoms with Crippen molar-refractivity contribution < 1.29 is 19.1 Å². The Kier molecular flexibility index (Phi) is 7.99. The van der Waals surface area contributed by atoms with Crippen LogP contribution in [-0.4, -0.2) is 67.0 Å². The molecule has 0 bridgehead atoms. The fraction of sp³-hybridized carbons (Fsp3) is 0.417. The van der Waals surface area contributed by atoms with Gasteiger partial charge < -0.3 is 14.4 Å². The van der Waals surface area contributed by atoms with E-state index in [2.05, 4.69) is 11.8 Å². The average Bonchev–Trinajstić information content (AvgIpc) is 2.77. The number of Topliss-reactive ketones (excluding diaryl/α,β-unsaturated/α-hetero) is 1. The number of carbonyl (C=O) groups is 2. The van der Waals surface area contributed by atoms with Crippen molar-refractivity contribution >= 4 is 11.7 Å². The van der Waals surface area contributed by atoms with E-state index in [4.69, 9.17) is 9.47 Å². The molecule has 1 saturated heterocycles. The maximum Gasteiger partial charge on any atom is 0.261 e. The maximum atomic E-state index is 13.1. The second kappa shape index (κ2) is 10.9. The number of nitrogens with zero attached hydrogens (tertiary/aromatic N) is 2. The van der Waals surface area contributed by atoms with Crippen LogP contribution in [0, 0.1) is 0 Å². The Bertz CT molecular complexity index is 834. The van der Waals surface area contributed by atoms with E-state index in [0.717, 1.165) is 38.4 Å². The van der Waals surface area contributed by atoms with Crippen LogP contribution < -0.4 is 4.74 Å². The van der Waals surface area contributed by atoms with Gasteiger partial charge in [0.1, 0.15) is 5.75 Å². The van der Waals surface area contributed by atoms with Crippen LogP contribution in [0.5, 0.6) is 5.75 Å². The van der Waals surface area contributed by atoms with E-state index >= 15 is 0 Å². The lowest BCUT2D eigenvalue weighted by molar-refractivity contribution is -0.136. The standard InChI is InChI=1S/C24H30N2O4/c1-19(16-25-11-13-29-14-12-25)26(17-21-7-4-3-5-8-21)24(28)18-30-23-10-6-9-22(15-23)20(2)27/h3-10,15,19H,11-14,16-18H2,1-2H3. The molecule has 30 heavy (non-hydrogen) atoms. The lowest BCUT2D eigenvalue weighted by Crippen LogP contribution is -2.49. The Morgan fingerprint density at radius 3 is 2.53 bits per heavy atom. The van der Waals surface area contributed by atoms with Gasteiger partial charge in [-0.2, -0.15) is 0 Å². The highest BCUT2D eigenvalue weighted by Crippen LogP contribution is 2.16. The third-order valence-electron chi connectivity index (χ3n) is 5.28. The molecule has 0 N–H and O–H groups in total. The van der Waals surface area contributed by atoms with Gasteiger partial charge in [0, 0.05) is 37.8 Å². The first-order valence-corrected chi connectivity index (χ1v) is 10.4. The monoisotopic (exact) mass is 410 g/mol. The molecule has 1 amide bonds. The van der Waals surface area contributed by atoms with Crippen LogP contribution in [0.15, 0.2) is 54.6 Å². The minimum absolute atomic E-state index is 0.0305. The first-order valence-electron chi connectivity index (χ1n) is 10.4. The molecule has 2 aromatic carbocycles. The van der Waals surface area contributed by atoms with E-state index in [-0.39, 0.29) is 24.3 Å². The van der Waals surface area contributed by atoms with Crippen LogP contribution >= 0.6 is 0 Å². The summed E-state index contributed by atoms with van der Waals surface area (Å²) in [4.78, 5) is 28.9. The minimum atomic E-state index is -0.0761. The lowest BCUT2D eigenvalue weighted by Gasteiger charge is -2.35. The fourth-order valence-corrected chi connectivity index (χ4v) is 3.56. The van der Waals surface area contributed by atoms with Crippen molar-refractivity contribution in [2.75, 3.05) is 39.5 Å². The lowest BCUT2D eigenvalue weighted by atomic mass is 10.1. The van der Waals surface area contributed by atoms with Gasteiger partial charge in [0.05, 0.1) is 13.2 Å². The number of ketones is 1. The Labute approximate surface area is 178 Å². The van der Waals surface area contributed by atoms with Crippen molar-refractivity contribution in [1.29, 1.82) is 0 Å². The Hall–Kier alpha value is -2.70. The maximum absolute atomic E-state index is 13.1. The van der Waals surface area contributed by atoms with Gasteiger partial charge in [-0.25, -0.2) is 0 Å². The molecule has 0 aromatic heterocycles. The molecule has 0 spiro atoms. The molecule has 2 aromatic rings. The van der Waals surface area contributed by atoms with Gasteiger partial charge >= 0.3 is 0 Å². The Balaban J connectivity index is 1.67. The number of hydrogen-bond acceptors (Lipinski definition) is 5. The van der Waals surface area contributed by atoms with Crippen LogP contribution in [0.25, 0.3) is 0 Å². The molecule has 1 aliphatic rings. The van der Waals surface area contributed by atoms with Crippen molar-refractivity contribution in [1.82, 2.24) is 9.80 Å². The molecule has 0 radical (unpaired) electrons. The largest absolute Gasteiger partial charge is 0.484 e. The van der Waals surface area contributed by atoms with Crippen molar-refractivity contribution in [3.63, 3.8) is 0 Å². The third-order valence-corrected chi connectivity index (χ3v) is 5.28. The van der Waals surface area contributed by atoms with Crippen LogP contribution in [0.2, 0.25) is 0 Å². The van der Waals surface area contributed by atoms with Crippen LogP contribution in [-0.2, 0) is 16.1 Å². The van der Waals surface area contributed by atoms with E-state index in [1.54, 1.807) is 24.3 Å². The normalized spacial score (nSPS) is 15.4. The highest BCUT2D eigenvalue weighted by Gasteiger charge is 2.24. The topological polar surface area (TPSA) is 59.1 Å². The molecule has 1 atom stereocenters. The van der Waals surface area contributed by atoms with Crippen molar-refractivity contribution in [3.8, 4) is 5.75 Å². The van der Waals surface area contributed by atoms with E-state index in [0.29, 0.717) is 17.9 Å². The second-order valence-corrected chi connectivity index (χ2v) is 7.64. The molecule has 1 fully saturated rings. The van der Waals surface area contributed by atoms with Gasteiger partial charge in [-0.05, 0) is 31.5 Å². The van der Waals surface area contributed by atoms with Crippen LogP contribution in [0.3, 0.4) is 0 Å². The zero-order chi connectivity index (χ0) is 21.3. The summed E-state index contributed by atoms with van der Waals surface area (Å²) >= 11 is 0. The summed E-state index contributed by atoms with van der Waals surface area (Å²) in [6, 6.07) is 17.0. The van der Waals surface area contributed by atoms with Gasteiger partial charge in [-0.3, -0.25) is 14.5 Å². The zero-order valence-corrected chi connectivity index (χ0v) is 17.8. The number of benzene rings is 2. The van der Waals surface area contributed by atoms with Crippen LogP contribution in [0.4, 0.5) is 0 Å². The molecule has 1 aliphatic heterocycles. The number of hydrogen-bond donors (Lipinski definition) is 0. The second-order valence-electron chi connectivity index (χ2n) is 7.64. The van der Waals surface area contributed by atoms with Gasteiger partial charge in [-0.15, -0.1) is 0 Å². The number of amides is 1. The number of rotatable bonds is 9. The minimum Gasteiger partial charge on any atom is -0.484 e. The van der Waals surface area contributed by atoms with E-state index in [1.807, 2.05) is 35.2 Å². The quantitative estimate of drug-likeness (QED) is 0.595. The summed E-state index contributed by atoms with van der Waals surface area (Å²) in [7, 11) is 0. The predicted molar refractivity (Wildman–Crippen MR) is 116 cm³/mol. The van der Waals surface area contributed by atoms with Crippen molar-refractivity contribution in [2.45, 2.75) is 26.4 Å². The molecule has 3 rings (SSSR count). The molecule has 6 heteroatoms. The summed E-state index contributed by atoms with van der Waals surface area (Å²) in [5.74, 6) is 0.418. The molecule has 6 nitrogen and oxygen atoms in total. The van der Waals surface area contributed by atoms with Crippen LogP contribution in [0.1, 0.15) is 29.8 Å². The molecule has 1 unspecified atom stereocenters. The summed E-state index contributed by atoms with van der Waals surface area (Å²) in [5.41, 5.74) is 1.65. The first kappa shape index (κ1) is 22.0. The number of carbonyl (C=O) groups excluding carboxylic acids is 2. The molecular formula is C24H30N2O4. The van der Waals surface area contributed by atoms with Gasteiger partial charge in [0.25, 0.3) is 5.91 Å². The first-order chi connectivity index (χ1) is 14.5. The van der Waals surface area contributed by atoms with Crippen molar-refractivity contribution in [3.05, 3.63) is 65.7 Å². The molecular weight excluding hydrogens is 380 g/mol. The molecule has 0 aliphatic carbocycles. The summed E-state index contributed by atoms with van der Waals surface area (Å²) in [6.45, 7) is 8.07. The molecule has 1 heterocycles. The van der Waals surface area contributed by atoms with E-state index in [1.165, 1.54) is 6.92 Å². The van der Waals surface area contributed by atoms with Crippen molar-refractivity contribution in [2.24, 2.45) is 0 Å². The molecule has 160 valence electrons.